The summed E-state index contributed by atoms with van der Waals surface area (Å²) in [4.78, 5) is 14.7. The standard InChI is InChI=1S/C20H22FNO3/c1-14-11-22(12-15(2)25-14)20(23)18-5-3-4-6-19(18)24-13-16-7-9-17(21)10-8-16/h3-10,14-15H,11-13H2,1-2H3/t14-,15-/m0/s1. The first-order valence-electron chi connectivity index (χ1n) is 8.44. The molecule has 3 rings (SSSR count). The molecule has 2 aromatic carbocycles. The summed E-state index contributed by atoms with van der Waals surface area (Å²) in [6.45, 7) is 5.34. The van der Waals surface area contributed by atoms with Gasteiger partial charge in [-0.15, -0.1) is 0 Å². The lowest BCUT2D eigenvalue weighted by Gasteiger charge is -2.35. The number of hydrogen-bond donors (Lipinski definition) is 0. The number of halogens is 1. The minimum atomic E-state index is -0.283. The van der Waals surface area contributed by atoms with E-state index < -0.39 is 0 Å². The molecule has 2 atom stereocenters. The van der Waals surface area contributed by atoms with Crippen LogP contribution in [0.25, 0.3) is 0 Å². The summed E-state index contributed by atoms with van der Waals surface area (Å²) < 4.78 is 24.5. The average molecular weight is 343 g/mol. The Morgan fingerprint density at radius 1 is 1.12 bits per heavy atom. The van der Waals surface area contributed by atoms with E-state index in [-0.39, 0.29) is 30.5 Å². The second kappa shape index (κ2) is 7.66. The number of amides is 1. The van der Waals surface area contributed by atoms with E-state index in [4.69, 9.17) is 9.47 Å². The van der Waals surface area contributed by atoms with Crippen molar-refractivity contribution in [3.05, 3.63) is 65.5 Å². The van der Waals surface area contributed by atoms with Crippen molar-refractivity contribution >= 4 is 5.91 Å². The van der Waals surface area contributed by atoms with Gasteiger partial charge in [0.05, 0.1) is 17.8 Å². The molecule has 0 aromatic heterocycles. The molecule has 132 valence electrons. The zero-order valence-electron chi connectivity index (χ0n) is 14.4. The molecule has 1 amide bonds. The maximum atomic E-state index is 13.0. The molecular formula is C20H22FNO3. The molecule has 0 radical (unpaired) electrons. The molecule has 1 aliphatic rings. The van der Waals surface area contributed by atoms with Crippen LogP contribution in [-0.4, -0.2) is 36.1 Å². The van der Waals surface area contributed by atoms with E-state index >= 15 is 0 Å². The van der Waals surface area contributed by atoms with E-state index in [1.54, 1.807) is 29.2 Å². The van der Waals surface area contributed by atoms with E-state index in [9.17, 15) is 9.18 Å². The molecule has 0 N–H and O–H groups in total. The Morgan fingerprint density at radius 2 is 1.76 bits per heavy atom. The fourth-order valence-corrected chi connectivity index (χ4v) is 3.02. The van der Waals surface area contributed by atoms with Crippen molar-refractivity contribution < 1.29 is 18.7 Å². The minimum absolute atomic E-state index is 0.0139. The smallest absolute Gasteiger partial charge is 0.257 e. The van der Waals surface area contributed by atoms with Crippen molar-refractivity contribution in [1.29, 1.82) is 0 Å². The van der Waals surface area contributed by atoms with Gasteiger partial charge in [0.2, 0.25) is 0 Å². The number of carbonyl (C=O) groups excluding carboxylic acids is 1. The molecule has 1 saturated heterocycles. The highest BCUT2D eigenvalue weighted by molar-refractivity contribution is 5.97. The van der Waals surface area contributed by atoms with Crippen LogP contribution in [0, 0.1) is 5.82 Å². The van der Waals surface area contributed by atoms with Gasteiger partial charge in [-0.1, -0.05) is 24.3 Å². The van der Waals surface area contributed by atoms with Gasteiger partial charge >= 0.3 is 0 Å². The summed E-state index contributed by atoms with van der Waals surface area (Å²) in [5.74, 6) is 0.190. The van der Waals surface area contributed by atoms with Gasteiger partial charge in [-0.05, 0) is 43.7 Å². The monoisotopic (exact) mass is 343 g/mol. The fourth-order valence-electron chi connectivity index (χ4n) is 3.02. The molecule has 0 aliphatic carbocycles. The molecule has 0 bridgehead atoms. The van der Waals surface area contributed by atoms with Crippen molar-refractivity contribution in [2.45, 2.75) is 32.7 Å². The summed E-state index contributed by atoms with van der Waals surface area (Å²) in [6, 6.07) is 13.3. The summed E-state index contributed by atoms with van der Waals surface area (Å²) in [5, 5.41) is 0. The molecular weight excluding hydrogens is 321 g/mol. The molecule has 1 fully saturated rings. The highest BCUT2D eigenvalue weighted by Crippen LogP contribution is 2.23. The number of hydrogen-bond acceptors (Lipinski definition) is 3. The molecule has 0 unspecified atom stereocenters. The lowest BCUT2D eigenvalue weighted by Crippen LogP contribution is -2.48. The van der Waals surface area contributed by atoms with Crippen molar-refractivity contribution in [1.82, 2.24) is 4.90 Å². The lowest BCUT2D eigenvalue weighted by molar-refractivity contribution is -0.0586. The zero-order valence-corrected chi connectivity index (χ0v) is 14.4. The van der Waals surface area contributed by atoms with Crippen LogP contribution >= 0.6 is 0 Å². The summed E-state index contributed by atoms with van der Waals surface area (Å²) in [7, 11) is 0. The van der Waals surface area contributed by atoms with E-state index in [1.165, 1.54) is 12.1 Å². The molecule has 25 heavy (non-hydrogen) atoms. The second-order valence-electron chi connectivity index (χ2n) is 6.38. The maximum absolute atomic E-state index is 13.0. The van der Waals surface area contributed by atoms with Crippen LogP contribution in [0.2, 0.25) is 0 Å². The number of benzene rings is 2. The first-order valence-corrected chi connectivity index (χ1v) is 8.44. The first-order chi connectivity index (χ1) is 12.0. The van der Waals surface area contributed by atoms with E-state index in [2.05, 4.69) is 0 Å². The molecule has 0 saturated carbocycles. The summed E-state index contributed by atoms with van der Waals surface area (Å²) >= 11 is 0. The minimum Gasteiger partial charge on any atom is -0.488 e. The van der Waals surface area contributed by atoms with Gasteiger partial charge in [-0.3, -0.25) is 4.79 Å². The maximum Gasteiger partial charge on any atom is 0.257 e. The Hall–Kier alpha value is -2.40. The Morgan fingerprint density at radius 3 is 2.44 bits per heavy atom. The van der Waals surface area contributed by atoms with Gasteiger partial charge in [-0.25, -0.2) is 4.39 Å². The number of carbonyl (C=O) groups is 1. The van der Waals surface area contributed by atoms with E-state index in [0.717, 1.165) is 5.56 Å². The predicted octanol–water partition coefficient (Wildman–Crippen LogP) is 3.65. The Kier molecular flexibility index (Phi) is 5.34. The number of rotatable bonds is 4. The lowest BCUT2D eigenvalue weighted by atomic mass is 10.1. The largest absolute Gasteiger partial charge is 0.488 e. The zero-order chi connectivity index (χ0) is 17.8. The van der Waals surface area contributed by atoms with Crippen molar-refractivity contribution in [3.8, 4) is 5.75 Å². The molecule has 5 heteroatoms. The van der Waals surface area contributed by atoms with Crippen LogP contribution in [0.3, 0.4) is 0 Å². The molecule has 1 aliphatic heterocycles. The van der Waals surface area contributed by atoms with Crippen LogP contribution in [0.1, 0.15) is 29.8 Å². The van der Waals surface area contributed by atoms with E-state index in [1.807, 2.05) is 26.0 Å². The first kappa shape index (κ1) is 17.4. The summed E-state index contributed by atoms with van der Waals surface area (Å²) in [6.07, 6.45) is 0.0278. The van der Waals surface area contributed by atoms with Gasteiger partial charge in [-0.2, -0.15) is 0 Å². The molecule has 4 nitrogen and oxygen atoms in total. The van der Waals surface area contributed by atoms with Crippen molar-refractivity contribution in [3.63, 3.8) is 0 Å². The number of nitrogens with zero attached hydrogens (tertiary/aromatic N) is 1. The average Bonchev–Trinajstić information content (AvgIpc) is 2.60. The van der Waals surface area contributed by atoms with Gasteiger partial charge in [0.1, 0.15) is 18.2 Å². The normalized spacial score (nSPS) is 20.4. The van der Waals surface area contributed by atoms with Gasteiger partial charge in [0.15, 0.2) is 0 Å². The predicted molar refractivity (Wildman–Crippen MR) is 93.1 cm³/mol. The van der Waals surface area contributed by atoms with Crippen molar-refractivity contribution in [2.24, 2.45) is 0 Å². The van der Waals surface area contributed by atoms with Crippen LogP contribution in [0.15, 0.2) is 48.5 Å². The number of ether oxygens (including phenoxy) is 2. The highest BCUT2D eigenvalue weighted by Gasteiger charge is 2.28. The molecule has 0 spiro atoms. The third kappa shape index (κ3) is 4.37. The second-order valence-corrected chi connectivity index (χ2v) is 6.38. The quantitative estimate of drug-likeness (QED) is 0.850. The topological polar surface area (TPSA) is 38.8 Å². The Bertz CT molecular complexity index is 722. The molecule has 2 aromatic rings. The van der Waals surface area contributed by atoms with E-state index in [0.29, 0.717) is 24.4 Å². The van der Waals surface area contributed by atoms with Crippen LogP contribution in [0.4, 0.5) is 4.39 Å². The van der Waals surface area contributed by atoms with Crippen molar-refractivity contribution in [2.75, 3.05) is 13.1 Å². The number of para-hydroxylation sites is 1. The van der Waals surface area contributed by atoms with Crippen LogP contribution in [-0.2, 0) is 11.3 Å². The van der Waals surface area contributed by atoms with Crippen LogP contribution in [0.5, 0.6) is 5.75 Å². The molecule has 1 heterocycles. The van der Waals surface area contributed by atoms with Gasteiger partial charge in [0.25, 0.3) is 5.91 Å². The van der Waals surface area contributed by atoms with Crippen LogP contribution < -0.4 is 4.74 Å². The number of morpholine rings is 1. The van der Waals surface area contributed by atoms with Gasteiger partial charge < -0.3 is 14.4 Å². The third-order valence-corrected chi connectivity index (χ3v) is 4.13. The fraction of sp³-hybridized carbons (Fsp3) is 0.350. The third-order valence-electron chi connectivity index (χ3n) is 4.13. The SMILES string of the molecule is C[C@H]1CN(C(=O)c2ccccc2OCc2ccc(F)cc2)C[C@H](C)O1. The Balaban J connectivity index is 1.73. The highest BCUT2D eigenvalue weighted by atomic mass is 19.1. The Labute approximate surface area is 147 Å². The summed E-state index contributed by atoms with van der Waals surface area (Å²) in [5.41, 5.74) is 1.38. The van der Waals surface area contributed by atoms with Gasteiger partial charge in [0, 0.05) is 13.1 Å².